The minimum atomic E-state index is -0.161. The number of hydrogen-bond donors (Lipinski definition) is 0. The monoisotopic (exact) mass is 584 g/mol. The summed E-state index contributed by atoms with van der Waals surface area (Å²) in [6, 6.07) is 28.3. The molecule has 0 radical (unpaired) electrons. The Morgan fingerprint density at radius 3 is 2.55 bits per heavy atom. The van der Waals surface area contributed by atoms with E-state index < -0.39 is 0 Å². The lowest BCUT2D eigenvalue weighted by Crippen LogP contribution is -2.24. The van der Waals surface area contributed by atoms with Crippen molar-refractivity contribution >= 4 is 66.3 Å². The van der Waals surface area contributed by atoms with Crippen molar-refractivity contribution in [1.82, 2.24) is 19.6 Å². The van der Waals surface area contributed by atoms with Gasteiger partial charge < -0.3 is 9.30 Å². The average molecular weight is 586 g/mol. The lowest BCUT2D eigenvalue weighted by atomic mass is 10.1. The molecule has 0 aliphatic heterocycles. The normalized spacial score (nSPS) is 12.4. The number of nitrogens with zero attached hydrogens (tertiary/aromatic N) is 4. The van der Waals surface area contributed by atoms with Crippen molar-refractivity contribution in [2.75, 3.05) is 13.4 Å². The van der Waals surface area contributed by atoms with E-state index >= 15 is 0 Å². The quantitative estimate of drug-likeness (QED) is 0.196. The van der Waals surface area contributed by atoms with Crippen LogP contribution in [0.1, 0.15) is 5.56 Å². The van der Waals surface area contributed by atoms with Crippen LogP contribution in [0.2, 0.25) is 0 Å². The summed E-state index contributed by atoms with van der Waals surface area (Å²) < 4.78 is 10.4. The largest absolute Gasteiger partial charge is 0.497 e. The maximum Gasteiger partial charge on any atom is 0.165 e. The van der Waals surface area contributed by atoms with Gasteiger partial charge in [-0.2, -0.15) is 11.8 Å². The predicted octanol–water partition coefficient (Wildman–Crippen LogP) is 6.84. The number of carbonyl (C=O) groups is 1. The zero-order valence-corrected chi connectivity index (χ0v) is 23.4. The van der Waals surface area contributed by atoms with Crippen LogP contribution >= 0.6 is 27.7 Å². The molecule has 6 aromatic rings. The standard InChI is InChI=1S/C30H25BrN4O2S/c1-37-22-7-5-6-19(14-22)15-30(38-2)29(36)18-34-26-12-10-20(31)16-23(26)24-17-21(11-13-27(24)34)35-28-9-4-3-8-25(28)32-33-35/h3-14,16-17,30H,15,18H2,1-2H3. The second-order valence-electron chi connectivity index (χ2n) is 9.19. The van der Waals surface area contributed by atoms with E-state index in [4.69, 9.17) is 4.74 Å². The maximum absolute atomic E-state index is 13.7. The molecule has 0 bridgehead atoms. The molecule has 0 N–H and O–H groups in total. The van der Waals surface area contributed by atoms with E-state index in [9.17, 15) is 4.79 Å². The van der Waals surface area contributed by atoms with Crippen LogP contribution in [0.5, 0.6) is 5.75 Å². The molecule has 6 rings (SSSR count). The first-order chi connectivity index (χ1) is 18.6. The van der Waals surface area contributed by atoms with Gasteiger partial charge in [-0.15, -0.1) is 5.10 Å². The van der Waals surface area contributed by atoms with Crippen molar-refractivity contribution in [2.24, 2.45) is 0 Å². The van der Waals surface area contributed by atoms with Gasteiger partial charge in [-0.3, -0.25) is 4.79 Å². The lowest BCUT2D eigenvalue weighted by Gasteiger charge is -2.16. The Morgan fingerprint density at radius 2 is 1.74 bits per heavy atom. The van der Waals surface area contributed by atoms with E-state index in [0.717, 1.165) is 54.3 Å². The van der Waals surface area contributed by atoms with Crippen molar-refractivity contribution < 1.29 is 9.53 Å². The first-order valence-corrected chi connectivity index (χ1v) is 14.3. The van der Waals surface area contributed by atoms with Gasteiger partial charge in [0.2, 0.25) is 0 Å². The Hall–Kier alpha value is -3.62. The van der Waals surface area contributed by atoms with E-state index in [1.54, 1.807) is 18.9 Å². The van der Waals surface area contributed by atoms with Gasteiger partial charge in [0.15, 0.2) is 5.78 Å². The summed E-state index contributed by atoms with van der Waals surface area (Å²) in [5, 5.41) is 10.7. The third kappa shape index (κ3) is 4.48. The fourth-order valence-corrected chi connectivity index (χ4v) is 6.08. The molecule has 0 fully saturated rings. The van der Waals surface area contributed by atoms with Crippen molar-refractivity contribution in [3.8, 4) is 11.4 Å². The molecule has 0 saturated carbocycles. The summed E-state index contributed by atoms with van der Waals surface area (Å²) in [5.74, 6) is 0.993. The summed E-state index contributed by atoms with van der Waals surface area (Å²) in [4.78, 5) is 13.7. The Labute approximate surface area is 232 Å². The molecule has 4 aromatic carbocycles. The fourth-order valence-electron chi connectivity index (χ4n) is 5.03. The first-order valence-electron chi connectivity index (χ1n) is 12.3. The summed E-state index contributed by atoms with van der Waals surface area (Å²) in [6.45, 7) is 0.294. The minimum absolute atomic E-state index is 0.161. The maximum atomic E-state index is 13.7. The molecule has 0 amide bonds. The second kappa shape index (κ2) is 10.3. The van der Waals surface area contributed by atoms with E-state index in [1.165, 1.54) is 0 Å². The number of aromatic nitrogens is 4. The van der Waals surface area contributed by atoms with Gasteiger partial charge in [0.25, 0.3) is 0 Å². The highest BCUT2D eigenvalue weighted by Gasteiger charge is 2.22. The topological polar surface area (TPSA) is 61.9 Å². The highest BCUT2D eigenvalue weighted by atomic mass is 79.9. The number of carbonyl (C=O) groups excluding carboxylic acids is 1. The Bertz CT molecular complexity index is 1810. The fraction of sp³-hybridized carbons (Fsp3) is 0.167. The zero-order chi connectivity index (χ0) is 26.2. The van der Waals surface area contributed by atoms with Gasteiger partial charge in [0.05, 0.1) is 30.1 Å². The van der Waals surface area contributed by atoms with Gasteiger partial charge >= 0.3 is 0 Å². The zero-order valence-electron chi connectivity index (χ0n) is 21.0. The number of halogens is 1. The van der Waals surface area contributed by atoms with E-state index in [0.29, 0.717) is 13.0 Å². The molecule has 38 heavy (non-hydrogen) atoms. The van der Waals surface area contributed by atoms with Crippen LogP contribution in [0.25, 0.3) is 38.5 Å². The van der Waals surface area contributed by atoms with Gasteiger partial charge in [-0.05, 0) is 78.9 Å². The molecule has 0 saturated heterocycles. The summed E-state index contributed by atoms with van der Waals surface area (Å²) in [7, 11) is 1.66. The molecule has 0 spiro atoms. The van der Waals surface area contributed by atoms with Crippen LogP contribution in [-0.4, -0.2) is 44.0 Å². The summed E-state index contributed by atoms with van der Waals surface area (Å²) in [5.41, 5.74) is 5.86. The van der Waals surface area contributed by atoms with Crippen LogP contribution in [-0.2, 0) is 17.8 Å². The molecule has 0 aliphatic carbocycles. The van der Waals surface area contributed by atoms with Crippen LogP contribution in [0.3, 0.4) is 0 Å². The molecule has 2 aromatic heterocycles. The lowest BCUT2D eigenvalue weighted by molar-refractivity contribution is -0.119. The Kier molecular flexibility index (Phi) is 6.68. The SMILES string of the molecule is COc1cccc(CC(SC)C(=O)Cn2c3ccc(Br)cc3c3cc(-n4nnc5ccccc54)ccc32)c1. The number of fused-ring (bicyclic) bond motifs is 4. The average Bonchev–Trinajstić information content (AvgIpc) is 3.51. The van der Waals surface area contributed by atoms with Gasteiger partial charge in [-0.1, -0.05) is 45.4 Å². The van der Waals surface area contributed by atoms with Crippen molar-refractivity contribution in [3.63, 3.8) is 0 Å². The molecule has 8 heteroatoms. The number of hydrogen-bond acceptors (Lipinski definition) is 5. The third-order valence-electron chi connectivity index (χ3n) is 6.92. The number of para-hydroxylation sites is 1. The molecular formula is C30H25BrN4O2S. The van der Waals surface area contributed by atoms with Crippen LogP contribution in [0, 0.1) is 0 Å². The van der Waals surface area contributed by atoms with Gasteiger partial charge in [0, 0.05) is 26.3 Å². The Morgan fingerprint density at radius 1 is 0.947 bits per heavy atom. The highest BCUT2D eigenvalue weighted by molar-refractivity contribution is 9.10. The molecule has 190 valence electrons. The number of rotatable bonds is 8. The molecule has 1 atom stereocenters. The van der Waals surface area contributed by atoms with Crippen molar-refractivity contribution in [2.45, 2.75) is 18.2 Å². The van der Waals surface area contributed by atoms with Crippen LogP contribution in [0.15, 0.2) is 89.4 Å². The number of benzene rings is 4. The molecule has 6 nitrogen and oxygen atoms in total. The molecular weight excluding hydrogens is 560 g/mol. The summed E-state index contributed by atoms with van der Waals surface area (Å²) >= 11 is 5.23. The highest BCUT2D eigenvalue weighted by Crippen LogP contribution is 2.33. The van der Waals surface area contributed by atoms with E-state index in [1.807, 2.05) is 71.6 Å². The van der Waals surface area contributed by atoms with Gasteiger partial charge in [-0.25, -0.2) is 4.68 Å². The second-order valence-corrected chi connectivity index (χ2v) is 11.1. The van der Waals surface area contributed by atoms with Gasteiger partial charge in [0.1, 0.15) is 11.3 Å². The van der Waals surface area contributed by atoms with Crippen molar-refractivity contribution in [1.29, 1.82) is 0 Å². The smallest absolute Gasteiger partial charge is 0.165 e. The number of thioether (sulfide) groups is 1. The first kappa shape index (κ1) is 24.7. The molecule has 2 heterocycles. The van der Waals surface area contributed by atoms with Crippen LogP contribution in [0.4, 0.5) is 0 Å². The number of Topliss-reactive ketones (excluding diaryl/α,β-unsaturated/α-hetero) is 1. The molecule has 1 unspecified atom stereocenters. The number of ketones is 1. The van der Waals surface area contributed by atoms with E-state index in [2.05, 4.69) is 55.1 Å². The van der Waals surface area contributed by atoms with E-state index in [-0.39, 0.29) is 11.0 Å². The number of ether oxygens (including phenoxy) is 1. The number of methoxy groups -OCH3 is 1. The molecule has 0 aliphatic rings. The van der Waals surface area contributed by atoms with Crippen LogP contribution < -0.4 is 4.74 Å². The minimum Gasteiger partial charge on any atom is -0.497 e. The summed E-state index contributed by atoms with van der Waals surface area (Å²) in [6.07, 6.45) is 2.66. The third-order valence-corrected chi connectivity index (χ3v) is 8.41. The predicted molar refractivity (Wildman–Crippen MR) is 159 cm³/mol. The van der Waals surface area contributed by atoms with Crippen molar-refractivity contribution in [3.05, 3.63) is 95.0 Å². The Balaban J connectivity index is 1.40.